The summed E-state index contributed by atoms with van der Waals surface area (Å²) in [5.41, 5.74) is 6.52. The molecule has 3 rings (SSSR count). The maximum Gasteiger partial charge on any atom is 0.453 e. The van der Waals surface area contributed by atoms with Gasteiger partial charge in [0.05, 0.1) is 0 Å². The summed E-state index contributed by atoms with van der Waals surface area (Å²) >= 11 is 0. The van der Waals surface area contributed by atoms with Crippen molar-refractivity contribution in [2.24, 2.45) is 0 Å². The van der Waals surface area contributed by atoms with Crippen LogP contribution in [0.4, 0.5) is 22.0 Å². The van der Waals surface area contributed by atoms with Crippen molar-refractivity contribution in [2.45, 2.75) is 82.7 Å². The van der Waals surface area contributed by atoms with Crippen LogP contribution in [0.1, 0.15) is 80.9 Å². The molecular formula is C32H42F5NO2S. The number of benzene rings is 2. The SMILES string of the molecule is CN(CCCCCC1=C(c2ccccc2)CCCc2cc(O)ccc21)CCCCS(=O)CCCC(F)(F)C(F)(F)F. The zero-order valence-corrected chi connectivity index (χ0v) is 24.6. The first-order valence-electron chi connectivity index (χ1n) is 14.6. The summed E-state index contributed by atoms with van der Waals surface area (Å²) in [6.07, 6.45) is 1.38. The molecule has 0 heterocycles. The molecule has 9 heteroatoms. The minimum Gasteiger partial charge on any atom is -0.508 e. The maximum atomic E-state index is 13.0. The lowest BCUT2D eigenvalue weighted by atomic mass is 9.89. The van der Waals surface area contributed by atoms with Crippen LogP contribution >= 0.6 is 0 Å². The number of aromatic hydroxyl groups is 1. The molecule has 0 aliphatic heterocycles. The molecule has 0 bridgehead atoms. The number of hydrogen-bond acceptors (Lipinski definition) is 3. The van der Waals surface area contributed by atoms with Gasteiger partial charge in [-0.05, 0) is 118 Å². The van der Waals surface area contributed by atoms with Crippen molar-refractivity contribution < 1.29 is 31.3 Å². The second kappa shape index (κ2) is 15.8. The van der Waals surface area contributed by atoms with Crippen molar-refractivity contribution in [3.63, 3.8) is 0 Å². The van der Waals surface area contributed by atoms with Gasteiger partial charge in [-0.25, -0.2) is 0 Å². The molecule has 41 heavy (non-hydrogen) atoms. The molecule has 1 aliphatic carbocycles. The quantitative estimate of drug-likeness (QED) is 0.155. The fourth-order valence-corrected chi connectivity index (χ4v) is 6.61. The zero-order valence-electron chi connectivity index (χ0n) is 23.8. The first-order chi connectivity index (χ1) is 19.5. The molecule has 228 valence electrons. The monoisotopic (exact) mass is 599 g/mol. The molecule has 0 spiro atoms. The molecule has 2 aromatic carbocycles. The van der Waals surface area contributed by atoms with E-state index in [0.29, 0.717) is 17.9 Å². The molecule has 1 unspecified atom stereocenters. The lowest BCUT2D eigenvalue weighted by Gasteiger charge is -2.19. The van der Waals surface area contributed by atoms with E-state index in [9.17, 15) is 31.3 Å². The van der Waals surface area contributed by atoms with E-state index >= 15 is 0 Å². The van der Waals surface area contributed by atoms with Gasteiger partial charge in [-0.2, -0.15) is 22.0 Å². The molecule has 0 fully saturated rings. The Morgan fingerprint density at radius 3 is 2.24 bits per heavy atom. The Labute approximate surface area is 243 Å². The van der Waals surface area contributed by atoms with Gasteiger partial charge < -0.3 is 10.0 Å². The van der Waals surface area contributed by atoms with Gasteiger partial charge in [-0.1, -0.05) is 42.8 Å². The Balaban J connectivity index is 1.38. The predicted octanol–water partition coefficient (Wildman–Crippen LogP) is 8.64. The van der Waals surface area contributed by atoms with Crippen molar-refractivity contribution in [2.75, 3.05) is 31.6 Å². The van der Waals surface area contributed by atoms with Crippen LogP contribution in [0.15, 0.2) is 48.5 Å². The summed E-state index contributed by atoms with van der Waals surface area (Å²) < 4.78 is 74.6. The average molecular weight is 600 g/mol. The highest BCUT2D eigenvalue weighted by atomic mass is 32.2. The van der Waals surface area contributed by atoms with Crippen molar-refractivity contribution in [3.05, 3.63) is 65.2 Å². The van der Waals surface area contributed by atoms with Gasteiger partial charge >= 0.3 is 12.1 Å². The van der Waals surface area contributed by atoms with Crippen molar-refractivity contribution in [1.29, 1.82) is 0 Å². The van der Waals surface area contributed by atoms with Gasteiger partial charge in [-0.3, -0.25) is 4.21 Å². The summed E-state index contributed by atoms with van der Waals surface area (Å²) in [6, 6.07) is 16.3. The second-order valence-corrected chi connectivity index (χ2v) is 12.7. The van der Waals surface area contributed by atoms with E-state index in [2.05, 4.69) is 35.2 Å². The Morgan fingerprint density at radius 2 is 1.54 bits per heavy atom. The number of phenolic OH excluding ortho intramolecular Hbond substituents is 1. The largest absolute Gasteiger partial charge is 0.508 e. The second-order valence-electron chi connectivity index (χ2n) is 11.0. The summed E-state index contributed by atoms with van der Waals surface area (Å²) in [5.74, 6) is -4.21. The first-order valence-corrected chi connectivity index (χ1v) is 16.0. The van der Waals surface area contributed by atoms with Crippen LogP contribution in [-0.4, -0.2) is 58.0 Å². The normalized spacial score (nSPS) is 15.2. The number of phenols is 1. The third kappa shape index (κ3) is 10.5. The van der Waals surface area contributed by atoms with Crippen LogP contribution < -0.4 is 0 Å². The van der Waals surface area contributed by atoms with Gasteiger partial charge in [0.15, 0.2) is 0 Å². The van der Waals surface area contributed by atoms with Crippen LogP contribution in [-0.2, 0) is 17.2 Å². The number of nitrogens with zero attached hydrogens (tertiary/aromatic N) is 1. The van der Waals surface area contributed by atoms with E-state index < -0.39 is 35.7 Å². The van der Waals surface area contributed by atoms with Gasteiger partial charge in [0, 0.05) is 28.7 Å². The number of aryl methyl sites for hydroxylation is 1. The molecule has 0 saturated carbocycles. The smallest absolute Gasteiger partial charge is 0.453 e. The Kier molecular flexibility index (Phi) is 12.8. The molecule has 2 aromatic rings. The van der Waals surface area contributed by atoms with Crippen LogP contribution in [0, 0.1) is 0 Å². The Morgan fingerprint density at radius 1 is 0.854 bits per heavy atom. The van der Waals surface area contributed by atoms with Gasteiger partial charge in [0.25, 0.3) is 0 Å². The molecule has 0 amide bonds. The fraction of sp³-hybridized carbons (Fsp3) is 0.562. The third-order valence-electron chi connectivity index (χ3n) is 7.68. The van der Waals surface area contributed by atoms with Crippen LogP contribution in [0.5, 0.6) is 5.75 Å². The van der Waals surface area contributed by atoms with E-state index in [-0.39, 0.29) is 5.75 Å². The van der Waals surface area contributed by atoms with Crippen LogP contribution in [0.2, 0.25) is 0 Å². The number of allylic oxidation sites excluding steroid dienone is 2. The number of halogens is 5. The summed E-state index contributed by atoms with van der Waals surface area (Å²) in [7, 11) is 0.662. The zero-order chi connectivity index (χ0) is 29.9. The number of hydrogen-bond donors (Lipinski definition) is 1. The van der Waals surface area contributed by atoms with Crippen LogP contribution in [0.3, 0.4) is 0 Å². The van der Waals surface area contributed by atoms with Crippen molar-refractivity contribution in [1.82, 2.24) is 4.90 Å². The molecular weight excluding hydrogens is 557 g/mol. The van der Waals surface area contributed by atoms with E-state index in [4.69, 9.17) is 0 Å². The molecule has 3 nitrogen and oxygen atoms in total. The Bertz CT molecular complexity index is 1150. The number of rotatable bonds is 16. The highest BCUT2D eigenvalue weighted by Crippen LogP contribution is 2.40. The van der Waals surface area contributed by atoms with Gasteiger partial charge in [0.2, 0.25) is 0 Å². The number of unbranched alkanes of at least 4 members (excludes halogenated alkanes) is 3. The molecule has 0 aromatic heterocycles. The lowest BCUT2D eigenvalue weighted by molar-refractivity contribution is -0.284. The standard InChI is InChI=1S/C32H42F5NO2S/c1-38(21-8-9-22-41(40)23-11-19-31(33,34)32(35,36)37)20-7-3-6-15-30-28(25-12-4-2-5-13-25)16-10-14-26-24-27(39)17-18-29(26)30/h2,4-5,12-13,17-18,24,39H,3,6-11,14-16,19-23H2,1H3. The molecule has 0 saturated heterocycles. The molecule has 1 N–H and O–H groups in total. The maximum absolute atomic E-state index is 13.0. The van der Waals surface area contributed by atoms with Gasteiger partial charge in [-0.15, -0.1) is 0 Å². The average Bonchev–Trinajstić information content (AvgIpc) is 3.09. The minimum atomic E-state index is -5.55. The van der Waals surface area contributed by atoms with E-state index in [1.807, 2.05) is 19.2 Å². The number of fused-ring (bicyclic) bond motifs is 1. The predicted molar refractivity (Wildman–Crippen MR) is 158 cm³/mol. The van der Waals surface area contributed by atoms with E-state index in [0.717, 1.165) is 64.5 Å². The summed E-state index contributed by atoms with van der Waals surface area (Å²) in [4.78, 5) is 2.23. The lowest BCUT2D eigenvalue weighted by Crippen LogP contribution is -2.36. The minimum absolute atomic E-state index is 0.129. The molecule has 0 radical (unpaired) electrons. The first kappa shape index (κ1) is 33.2. The van der Waals surface area contributed by atoms with Crippen molar-refractivity contribution in [3.8, 4) is 5.75 Å². The van der Waals surface area contributed by atoms with E-state index in [1.54, 1.807) is 6.07 Å². The third-order valence-corrected chi connectivity index (χ3v) is 9.17. The van der Waals surface area contributed by atoms with Crippen LogP contribution in [0.25, 0.3) is 11.1 Å². The number of alkyl halides is 5. The van der Waals surface area contributed by atoms with Crippen molar-refractivity contribution >= 4 is 21.9 Å². The molecule has 1 aliphatic rings. The fourth-order valence-electron chi connectivity index (χ4n) is 5.41. The molecule has 1 atom stereocenters. The Hall–Kier alpha value is -2.26. The summed E-state index contributed by atoms with van der Waals surface area (Å²) in [5, 5.41) is 10.0. The topological polar surface area (TPSA) is 40.5 Å². The van der Waals surface area contributed by atoms with Gasteiger partial charge in [0.1, 0.15) is 5.75 Å². The highest BCUT2D eigenvalue weighted by molar-refractivity contribution is 7.84. The highest BCUT2D eigenvalue weighted by Gasteiger charge is 2.56. The summed E-state index contributed by atoms with van der Waals surface area (Å²) in [6.45, 7) is 1.76. The van der Waals surface area contributed by atoms with E-state index in [1.165, 1.54) is 27.8 Å².